The van der Waals surface area contributed by atoms with E-state index in [-0.39, 0.29) is 5.69 Å². The molecule has 2 aromatic carbocycles. The number of carbonyl (C=O) groups is 1. The van der Waals surface area contributed by atoms with Crippen molar-refractivity contribution in [1.29, 1.82) is 0 Å². The Morgan fingerprint density at radius 3 is 2.56 bits per heavy atom. The Labute approximate surface area is 187 Å². The highest BCUT2D eigenvalue weighted by Gasteiger charge is 2.16. The van der Waals surface area contributed by atoms with Crippen LogP contribution < -0.4 is 10.1 Å². The summed E-state index contributed by atoms with van der Waals surface area (Å²) >= 11 is 1.40. The minimum atomic E-state index is -0.509. The second kappa shape index (κ2) is 8.98. The molecule has 1 N–H and O–H groups in total. The van der Waals surface area contributed by atoms with Crippen molar-refractivity contribution in [2.24, 2.45) is 0 Å². The third-order valence-electron chi connectivity index (χ3n) is 4.55. The Morgan fingerprint density at radius 2 is 1.91 bits per heavy atom. The molecule has 0 aliphatic heterocycles. The van der Waals surface area contributed by atoms with E-state index < -0.39 is 10.8 Å². The number of rotatable bonds is 7. The number of anilines is 1. The number of nitro benzene ring substituents is 1. The maximum Gasteiger partial charge on any atom is 0.269 e. The lowest BCUT2D eigenvalue weighted by Crippen LogP contribution is -2.15. The number of aromatic nitrogens is 3. The fourth-order valence-corrected chi connectivity index (χ4v) is 3.84. The number of benzene rings is 2. The summed E-state index contributed by atoms with van der Waals surface area (Å²) in [6, 6.07) is 14.8. The van der Waals surface area contributed by atoms with Gasteiger partial charge in [-0.25, -0.2) is 4.98 Å². The van der Waals surface area contributed by atoms with Gasteiger partial charge in [0.2, 0.25) is 5.13 Å². The summed E-state index contributed by atoms with van der Waals surface area (Å²) in [6.07, 6.45) is 0. The number of nitro groups is 1. The van der Waals surface area contributed by atoms with Gasteiger partial charge >= 0.3 is 0 Å². The van der Waals surface area contributed by atoms with Crippen LogP contribution in [-0.2, 0) is 0 Å². The third-order valence-corrected chi connectivity index (χ3v) is 5.36. The van der Waals surface area contributed by atoms with E-state index in [9.17, 15) is 14.9 Å². The Morgan fingerprint density at radius 1 is 1.19 bits per heavy atom. The van der Waals surface area contributed by atoms with Crippen LogP contribution in [0, 0.1) is 17.0 Å². The molecule has 0 fully saturated rings. The van der Waals surface area contributed by atoms with Crippen molar-refractivity contribution in [3.05, 3.63) is 81.3 Å². The van der Waals surface area contributed by atoms with Gasteiger partial charge in [0.15, 0.2) is 0 Å². The van der Waals surface area contributed by atoms with Crippen LogP contribution in [0.5, 0.6) is 5.75 Å². The van der Waals surface area contributed by atoms with Crippen molar-refractivity contribution in [2.45, 2.75) is 13.8 Å². The summed E-state index contributed by atoms with van der Waals surface area (Å²) in [5.41, 5.74) is 2.66. The van der Waals surface area contributed by atoms with Gasteiger partial charge in [0.25, 0.3) is 11.6 Å². The zero-order chi connectivity index (χ0) is 22.7. The quantitative estimate of drug-likeness (QED) is 0.318. The van der Waals surface area contributed by atoms with Gasteiger partial charge < -0.3 is 10.1 Å². The first kappa shape index (κ1) is 21.2. The molecule has 9 nitrogen and oxygen atoms in total. The number of aryl methyl sites for hydroxylation is 1. The second-order valence-corrected chi connectivity index (χ2v) is 7.65. The van der Waals surface area contributed by atoms with E-state index in [2.05, 4.69) is 15.4 Å². The third kappa shape index (κ3) is 4.49. The fraction of sp³-hybridized carbons (Fsp3) is 0.136. The first-order valence-corrected chi connectivity index (χ1v) is 10.6. The summed E-state index contributed by atoms with van der Waals surface area (Å²) in [4.78, 5) is 27.6. The van der Waals surface area contributed by atoms with Gasteiger partial charge in [0.1, 0.15) is 11.6 Å². The molecule has 2 heterocycles. The molecule has 0 spiro atoms. The molecule has 0 radical (unpaired) electrons. The van der Waals surface area contributed by atoms with Crippen molar-refractivity contribution in [2.75, 3.05) is 11.9 Å². The average Bonchev–Trinajstić information content (AvgIpc) is 3.41. The molecule has 0 bridgehead atoms. The largest absolute Gasteiger partial charge is 0.494 e. The van der Waals surface area contributed by atoms with Gasteiger partial charge in [0.05, 0.1) is 22.9 Å². The van der Waals surface area contributed by atoms with Crippen molar-refractivity contribution < 1.29 is 14.5 Å². The van der Waals surface area contributed by atoms with Gasteiger partial charge in [-0.2, -0.15) is 9.78 Å². The van der Waals surface area contributed by atoms with Crippen LogP contribution in [0.15, 0.2) is 60.0 Å². The maximum atomic E-state index is 12.6. The van der Waals surface area contributed by atoms with E-state index in [1.807, 2.05) is 43.5 Å². The normalized spacial score (nSPS) is 10.7. The summed E-state index contributed by atoms with van der Waals surface area (Å²) in [5, 5.41) is 20.6. The first-order chi connectivity index (χ1) is 15.4. The maximum absolute atomic E-state index is 12.6. The lowest BCUT2D eigenvalue weighted by atomic mass is 10.2. The van der Waals surface area contributed by atoms with Crippen LogP contribution in [-0.4, -0.2) is 32.2 Å². The van der Waals surface area contributed by atoms with Gasteiger partial charge in [0, 0.05) is 34.7 Å². The molecule has 162 valence electrons. The number of thiazole rings is 1. The number of nitrogens with one attached hydrogen (secondary N) is 1. The van der Waals surface area contributed by atoms with Crippen molar-refractivity contribution in [3.63, 3.8) is 0 Å². The van der Waals surface area contributed by atoms with Crippen molar-refractivity contribution in [3.8, 4) is 22.1 Å². The molecule has 0 aliphatic rings. The monoisotopic (exact) mass is 449 g/mol. The van der Waals surface area contributed by atoms with E-state index in [0.717, 1.165) is 17.0 Å². The summed E-state index contributed by atoms with van der Waals surface area (Å²) in [5.74, 6) is 0.855. The number of ether oxygens (including phenoxy) is 1. The average molecular weight is 449 g/mol. The molecule has 0 saturated heterocycles. The predicted octanol–water partition coefficient (Wildman–Crippen LogP) is 4.86. The molecule has 10 heteroatoms. The number of non-ortho nitro benzene ring substituents is 1. The molecule has 0 unspecified atom stereocenters. The van der Waals surface area contributed by atoms with Crippen LogP contribution in [0.25, 0.3) is 16.4 Å². The Hall–Kier alpha value is -4.05. The van der Waals surface area contributed by atoms with Crippen molar-refractivity contribution >= 4 is 28.7 Å². The molecule has 32 heavy (non-hydrogen) atoms. The highest BCUT2D eigenvalue weighted by Crippen LogP contribution is 2.28. The Kier molecular flexibility index (Phi) is 5.95. The predicted molar refractivity (Wildman–Crippen MR) is 122 cm³/mol. The van der Waals surface area contributed by atoms with Crippen LogP contribution in [0.2, 0.25) is 0 Å². The summed E-state index contributed by atoms with van der Waals surface area (Å²) in [6.45, 7) is 4.36. The van der Waals surface area contributed by atoms with E-state index in [1.165, 1.54) is 35.6 Å². The van der Waals surface area contributed by atoms with Gasteiger partial charge in [-0.05, 0) is 50.2 Å². The standard InChI is InChI=1S/C22H19N5O4S/c1-3-31-18-10-6-15(7-11-18)19-13-32-22(23-19)26-20(12-14(2)25-26)24-21(28)16-4-8-17(9-5-16)27(29)30/h4-13H,3H2,1-2H3,(H,24,28). The second-order valence-electron chi connectivity index (χ2n) is 6.81. The first-order valence-electron chi connectivity index (χ1n) is 9.76. The van der Waals surface area contributed by atoms with E-state index >= 15 is 0 Å². The molecule has 4 aromatic rings. The molecule has 1 amide bonds. The number of hydrogen-bond donors (Lipinski definition) is 1. The molecule has 0 atom stereocenters. The zero-order valence-corrected chi connectivity index (χ0v) is 18.1. The summed E-state index contributed by atoms with van der Waals surface area (Å²) < 4.78 is 7.05. The molecule has 0 saturated carbocycles. The molecule has 2 aromatic heterocycles. The SMILES string of the molecule is CCOc1ccc(-c2csc(-n3nc(C)cc3NC(=O)c3ccc([N+](=O)[O-])cc3)n2)cc1. The van der Waals surface area contributed by atoms with Crippen molar-refractivity contribution in [1.82, 2.24) is 14.8 Å². The highest BCUT2D eigenvalue weighted by atomic mass is 32.1. The Balaban J connectivity index is 1.56. The highest BCUT2D eigenvalue weighted by molar-refractivity contribution is 7.12. The Bertz CT molecular complexity index is 1260. The number of carbonyl (C=O) groups excluding carboxylic acids is 1. The lowest BCUT2D eigenvalue weighted by molar-refractivity contribution is -0.384. The minimum absolute atomic E-state index is 0.0768. The number of hydrogen-bond acceptors (Lipinski definition) is 7. The summed E-state index contributed by atoms with van der Waals surface area (Å²) in [7, 11) is 0. The lowest BCUT2D eigenvalue weighted by Gasteiger charge is -2.06. The van der Waals surface area contributed by atoms with Crippen LogP contribution in [0.4, 0.5) is 11.5 Å². The molecule has 4 rings (SSSR count). The number of nitrogens with zero attached hydrogens (tertiary/aromatic N) is 4. The molecule has 0 aliphatic carbocycles. The van der Waals surface area contributed by atoms with E-state index in [1.54, 1.807) is 10.7 Å². The van der Waals surface area contributed by atoms with E-state index in [0.29, 0.717) is 28.8 Å². The van der Waals surface area contributed by atoms with Gasteiger partial charge in [-0.3, -0.25) is 14.9 Å². The topological polar surface area (TPSA) is 112 Å². The van der Waals surface area contributed by atoms with Gasteiger partial charge in [-0.15, -0.1) is 11.3 Å². The van der Waals surface area contributed by atoms with Crippen LogP contribution >= 0.6 is 11.3 Å². The molecular weight excluding hydrogens is 430 g/mol. The fourth-order valence-electron chi connectivity index (χ4n) is 3.04. The smallest absolute Gasteiger partial charge is 0.269 e. The van der Waals surface area contributed by atoms with E-state index in [4.69, 9.17) is 4.74 Å². The van der Waals surface area contributed by atoms with Crippen LogP contribution in [0.3, 0.4) is 0 Å². The van der Waals surface area contributed by atoms with Crippen LogP contribution in [0.1, 0.15) is 23.0 Å². The number of amides is 1. The molecular formula is C22H19N5O4S. The minimum Gasteiger partial charge on any atom is -0.494 e. The van der Waals surface area contributed by atoms with Gasteiger partial charge in [-0.1, -0.05) is 0 Å². The zero-order valence-electron chi connectivity index (χ0n) is 17.3.